The van der Waals surface area contributed by atoms with E-state index >= 15 is 0 Å². The van der Waals surface area contributed by atoms with Gasteiger partial charge in [0.25, 0.3) is 5.91 Å². The maximum absolute atomic E-state index is 12.6. The van der Waals surface area contributed by atoms with Crippen LogP contribution in [0.4, 0.5) is 0 Å². The molecule has 3 fully saturated rings. The average Bonchev–Trinajstić information content (AvgIpc) is 3.42. The first kappa shape index (κ1) is 15.1. The van der Waals surface area contributed by atoms with E-state index in [-0.39, 0.29) is 11.4 Å². The molecule has 3 heterocycles. The van der Waals surface area contributed by atoms with Crippen LogP contribution >= 0.6 is 0 Å². The number of carbonyl (C=O) groups is 1. The number of likely N-dealkylation sites (tertiary alicyclic amines) is 1. The van der Waals surface area contributed by atoms with Gasteiger partial charge in [0.15, 0.2) is 0 Å². The Balaban J connectivity index is 1.41. The van der Waals surface area contributed by atoms with Gasteiger partial charge >= 0.3 is 0 Å². The molecule has 1 aromatic heterocycles. The molecule has 5 heteroatoms. The number of piperidine rings is 1. The maximum atomic E-state index is 12.6. The molecule has 4 rings (SSSR count). The molecule has 0 unspecified atom stereocenters. The Bertz CT molecular complexity index is 551. The van der Waals surface area contributed by atoms with Crippen molar-refractivity contribution in [3.05, 3.63) is 30.1 Å². The number of carbonyl (C=O) groups excluding carboxylic acids is 1. The highest BCUT2D eigenvalue weighted by molar-refractivity contribution is 5.92. The number of nitrogens with zero attached hydrogens (tertiary/aromatic N) is 3. The predicted molar refractivity (Wildman–Crippen MR) is 87.2 cm³/mol. The molecule has 1 aliphatic carbocycles. The fraction of sp³-hybridized carbons (Fsp3) is 0.667. The van der Waals surface area contributed by atoms with E-state index in [1.54, 1.807) is 12.3 Å². The smallest absolute Gasteiger partial charge is 0.272 e. The van der Waals surface area contributed by atoms with Gasteiger partial charge in [0.1, 0.15) is 5.69 Å². The summed E-state index contributed by atoms with van der Waals surface area (Å²) in [4.78, 5) is 21.4. The lowest BCUT2D eigenvalue weighted by atomic mass is 9.85. The van der Waals surface area contributed by atoms with E-state index in [1.807, 2.05) is 17.0 Å². The number of aromatic nitrogens is 1. The summed E-state index contributed by atoms with van der Waals surface area (Å²) in [5, 5.41) is 0. The lowest BCUT2D eigenvalue weighted by Crippen LogP contribution is -2.62. The van der Waals surface area contributed by atoms with Crippen molar-refractivity contribution >= 4 is 5.91 Å². The lowest BCUT2D eigenvalue weighted by molar-refractivity contribution is -0.0933. The quantitative estimate of drug-likeness (QED) is 0.853. The summed E-state index contributed by atoms with van der Waals surface area (Å²) in [6.07, 6.45) is 6.48. The molecule has 5 nitrogen and oxygen atoms in total. The van der Waals surface area contributed by atoms with Gasteiger partial charge < -0.3 is 9.64 Å². The van der Waals surface area contributed by atoms with Gasteiger partial charge in [0.05, 0.1) is 13.2 Å². The van der Waals surface area contributed by atoms with Crippen molar-refractivity contribution in [2.24, 2.45) is 5.92 Å². The van der Waals surface area contributed by atoms with Crippen LogP contribution in [0.15, 0.2) is 24.4 Å². The summed E-state index contributed by atoms with van der Waals surface area (Å²) in [5.74, 6) is 0.962. The van der Waals surface area contributed by atoms with Crippen molar-refractivity contribution < 1.29 is 9.53 Å². The SMILES string of the molecule is O=C(c1ccccn1)N1CCC2(CC1)COCCN2CC1CC1. The van der Waals surface area contributed by atoms with E-state index in [0.717, 1.165) is 51.6 Å². The van der Waals surface area contributed by atoms with E-state index in [1.165, 1.54) is 19.4 Å². The van der Waals surface area contributed by atoms with E-state index < -0.39 is 0 Å². The Morgan fingerprint density at radius 3 is 2.78 bits per heavy atom. The molecule has 0 bridgehead atoms. The van der Waals surface area contributed by atoms with Crippen LogP contribution < -0.4 is 0 Å². The molecule has 0 N–H and O–H groups in total. The topological polar surface area (TPSA) is 45.7 Å². The van der Waals surface area contributed by atoms with E-state index in [2.05, 4.69) is 9.88 Å². The zero-order valence-corrected chi connectivity index (χ0v) is 13.6. The zero-order valence-electron chi connectivity index (χ0n) is 13.6. The monoisotopic (exact) mass is 315 g/mol. The van der Waals surface area contributed by atoms with Crippen molar-refractivity contribution in [2.75, 3.05) is 39.4 Å². The number of pyridine rings is 1. The standard InChI is InChI=1S/C18H25N3O2/c22-17(16-3-1-2-8-19-16)20-9-6-18(7-10-20)14-23-12-11-21(18)13-15-4-5-15/h1-3,8,15H,4-7,9-14H2. The van der Waals surface area contributed by atoms with Crippen LogP contribution in [-0.4, -0.2) is 65.6 Å². The maximum Gasteiger partial charge on any atom is 0.272 e. The summed E-state index contributed by atoms with van der Waals surface area (Å²) >= 11 is 0. The predicted octanol–water partition coefficient (Wildman–Crippen LogP) is 1.80. The minimum Gasteiger partial charge on any atom is -0.378 e. The van der Waals surface area contributed by atoms with Crippen molar-refractivity contribution in [3.8, 4) is 0 Å². The molecule has 1 aromatic rings. The summed E-state index contributed by atoms with van der Waals surface area (Å²) in [7, 11) is 0. The minimum absolute atomic E-state index is 0.0610. The highest BCUT2D eigenvalue weighted by Gasteiger charge is 2.44. The van der Waals surface area contributed by atoms with Crippen molar-refractivity contribution in [1.29, 1.82) is 0 Å². The molecular weight excluding hydrogens is 290 g/mol. The summed E-state index contributed by atoms with van der Waals surface area (Å²) in [5.41, 5.74) is 0.708. The van der Waals surface area contributed by atoms with Crippen LogP contribution in [0.1, 0.15) is 36.2 Å². The van der Waals surface area contributed by atoms with Crippen LogP contribution in [-0.2, 0) is 4.74 Å². The van der Waals surface area contributed by atoms with Gasteiger partial charge in [-0.1, -0.05) is 6.07 Å². The Labute approximate surface area is 137 Å². The Morgan fingerprint density at radius 2 is 2.09 bits per heavy atom. The molecule has 2 saturated heterocycles. The van der Waals surface area contributed by atoms with Gasteiger partial charge in [0, 0.05) is 37.9 Å². The highest BCUT2D eigenvalue weighted by Crippen LogP contribution is 2.37. The Morgan fingerprint density at radius 1 is 1.26 bits per heavy atom. The van der Waals surface area contributed by atoms with E-state index in [4.69, 9.17) is 4.74 Å². The summed E-state index contributed by atoms with van der Waals surface area (Å²) < 4.78 is 5.82. The average molecular weight is 315 g/mol. The number of amides is 1. The van der Waals surface area contributed by atoms with Crippen LogP contribution in [0.25, 0.3) is 0 Å². The van der Waals surface area contributed by atoms with E-state index in [0.29, 0.717) is 5.69 Å². The number of morpholine rings is 1. The number of hydrogen-bond donors (Lipinski definition) is 0. The summed E-state index contributed by atoms with van der Waals surface area (Å²) in [6.45, 7) is 5.55. The normalized spacial score (nSPS) is 24.8. The van der Waals surface area contributed by atoms with Gasteiger partial charge in [-0.05, 0) is 43.7 Å². The van der Waals surface area contributed by atoms with Gasteiger partial charge in [-0.2, -0.15) is 0 Å². The second-order valence-corrected chi connectivity index (χ2v) is 7.17. The lowest BCUT2D eigenvalue weighted by Gasteiger charge is -2.51. The molecular formula is C18H25N3O2. The van der Waals surface area contributed by atoms with Gasteiger partial charge in [0.2, 0.25) is 0 Å². The van der Waals surface area contributed by atoms with Crippen LogP contribution in [0.5, 0.6) is 0 Å². The van der Waals surface area contributed by atoms with Crippen LogP contribution in [0.2, 0.25) is 0 Å². The molecule has 1 amide bonds. The molecule has 23 heavy (non-hydrogen) atoms. The third-order valence-electron chi connectivity index (χ3n) is 5.59. The number of rotatable bonds is 3. The molecule has 0 aromatic carbocycles. The van der Waals surface area contributed by atoms with E-state index in [9.17, 15) is 4.79 Å². The molecule has 1 saturated carbocycles. The zero-order chi connectivity index (χ0) is 15.7. The fourth-order valence-corrected chi connectivity index (χ4v) is 3.90. The Hall–Kier alpha value is -1.46. The van der Waals surface area contributed by atoms with Gasteiger partial charge in [-0.25, -0.2) is 0 Å². The first-order valence-electron chi connectivity index (χ1n) is 8.80. The van der Waals surface area contributed by atoms with Crippen molar-refractivity contribution in [1.82, 2.24) is 14.8 Å². The van der Waals surface area contributed by atoms with Crippen molar-refractivity contribution in [3.63, 3.8) is 0 Å². The van der Waals surface area contributed by atoms with Gasteiger partial charge in [-0.3, -0.25) is 14.7 Å². The second kappa shape index (κ2) is 6.21. The molecule has 2 aliphatic heterocycles. The first-order chi connectivity index (χ1) is 11.3. The molecule has 124 valence electrons. The van der Waals surface area contributed by atoms with Crippen LogP contribution in [0, 0.1) is 5.92 Å². The largest absolute Gasteiger partial charge is 0.378 e. The summed E-state index contributed by atoms with van der Waals surface area (Å²) in [6, 6.07) is 5.52. The highest BCUT2D eigenvalue weighted by atomic mass is 16.5. The Kier molecular flexibility index (Phi) is 4.07. The first-order valence-corrected chi connectivity index (χ1v) is 8.80. The van der Waals surface area contributed by atoms with Crippen molar-refractivity contribution in [2.45, 2.75) is 31.2 Å². The molecule has 0 radical (unpaired) electrons. The number of ether oxygens (including phenoxy) is 1. The minimum atomic E-state index is 0.0610. The molecule has 3 aliphatic rings. The fourth-order valence-electron chi connectivity index (χ4n) is 3.90. The number of hydrogen-bond acceptors (Lipinski definition) is 4. The third-order valence-corrected chi connectivity index (χ3v) is 5.59. The van der Waals surface area contributed by atoms with Crippen LogP contribution in [0.3, 0.4) is 0 Å². The van der Waals surface area contributed by atoms with Gasteiger partial charge in [-0.15, -0.1) is 0 Å². The molecule has 1 spiro atoms. The third kappa shape index (κ3) is 3.12. The molecule has 0 atom stereocenters. The second-order valence-electron chi connectivity index (χ2n) is 7.17.